The zero-order chi connectivity index (χ0) is 12.8. The molecule has 0 amide bonds. The Kier molecular flexibility index (Phi) is 3.33. The molecular weight excluding hydrogens is 236 g/mol. The van der Waals surface area contributed by atoms with Crippen molar-refractivity contribution in [1.29, 1.82) is 0 Å². The van der Waals surface area contributed by atoms with Crippen LogP contribution in [0.5, 0.6) is 0 Å². The number of ether oxygens (including phenoxy) is 1. The molecular formula is C16H28N2O. The van der Waals surface area contributed by atoms with Crippen LogP contribution in [0.25, 0.3) is 0 Å². The van der Waals surface area contributed by atoms with E-state index in [1.807, 2.05) is 0 Å². The summed E-state index contributed by atoms with van der Waals surface area (Å²) < 4.78 is 6.08. The Bertz CT molecular complexity index is 335. The standard InChI is InChI=1S/C16H28N2O/c17-15(8-13-7-11-3-4-12(13)6-11)16-9-18-5-1-2-14(18)10-19-16/h11-16H,1-10,17H2. The summed E-state index contributed by atoms with van der Waals surface area (Å²) in [4.78, 5) is 2.62. The molecule has 0 aromatic heterocycles. The molecule has 108 valence electrons. The molecule has 2 saturated carbocycles. The minimum absolute atomic E-state index is 0.269. The normalized spacial score (nSPS) is 47.5. The molecule has 4 aliphatic rings. The number of rotatable bonds is 3. The van der Waals surface area contributed by atoms with Crippen LogP contribution in [0.2, 0.25) is 0 Å². The Morgan fingerprint density at radius 2 is 2.16 bits per heavy atom. The van der Waals surface area contributed by atoms with Crippen LogP contribution in [-0.4, -0.2) is 42.8 Å². The van der Waals surface area contributed by atoms with Crippen molar-refractivity contribution in [2.24, 2.45) is 23.5 Å². The Balaban J connectivity index is 1.32. The van der Waals surface area contributed by atoms with Gasteiger partial charge in [0.1, 0.15) is 0 Å². The zero-order valence-corrected chi connectivity index (χ0v) is 12.0. The number of fused-ring (bicyclic) bond motifs is 3. The van der Waals surface area contributed by atoms with Crippen LogP contribution in [0, 0.1) is 17.8 Å². The molecule has 4 rings (SSSR count). The lowest BCUT2D eigenvalue weighted by Crippen LogP contribution is -2.53. The third-order valence-electron chi connectivity index (χ3n) is 6.35. The highest BCUT2D eigenvalue weighted by Crippen LogP contribution is 2.50. The summed E-state index contributed by atoms with van der Waals surface area (Å²) in [5.74, 6) is 2.95. The van der Waals surface area contributed by atoms with Crippen molar-refractivity contribution in [1.82, 2.24) is 4.90 Å². The lowest BCUT2D eigenvalue weighted by atomic mass is 9.83. The number of hydrogen-bond donors (Lipinski definition) is 1. The summed E-state index contributed by atoms with van der Waals surface area (Å²) >= 11 is 0. The van der Waals surface area contributed by atoms with Gasteiger partial charge in [-0.1, -0.05) is 6.42 Å². The van der Waals surface area contributed by atoms with Crippen LogP contribution in [0.3, 0.4) is 0 Å². The van der Waals surface area contributed by atoms with Gasteiger partial charge in [0.15, 0.2) is 0 Å². The lowest BCUT2D eigenvalue weighted by Gasteiger charge is -2.39. The number of nitrogens with two attached hydrogens (primary N) is 1. The largest absolute Gasteiger partial charge is 0.374 e. The summed E-state index contributed by atoms with van der Waals surface area (Å²) in [7, 11) is 0. The molecule has 3 nitrogen and oxygen atoms in total. The van der Waals surface area contributed by atoms with Gasteiger partial charge in [-0.2, -0.15) is 0 Å². The molecule has 2 N–H and O–H groups in total. The summed E-state index contributed by atoms with van der Waals surface area (Å²) in [6.45, 7) is 3.28. The highest BCUT2D eigenvalue weighted by atomic mass is 16.5. The van der Waals surface area contributed by atoms with Gasteiger partial charge in [0.25, 0.3) is 0 Å². The van der Waals surface area contributed by atoms with E-state index >= 15 is 0 Å². The molecule has 0 aromatic carbocycles. The fourth-order valence-corrected chi connectivity index (χ4v) is 5.27. The average molecular weight is 264 g/mol. The number of hydrogen-bond acceptors (Lipinski definition) is 3. The fraction of sp³-hybridized carbons (Fsp3) is 1.00. The Labute approximate surface area is 116 Å². The van der Waals surface area contributed by atoms with E-state index in [9.17, 15) is 0 Å². The van der Waals surface area contributed by atoms with Crippen LogP contribution >= 0.6 is 0 Å². The maximum atomic E-state index is 6.49. The SMILES string of the molecule is NC(CC1CC2CCC1C2)C1CN2CCCC2CO1. The smallest absolute Gasteiger partial charge is 0.0853 e. The minimum Gasteiger partial charge on any atom is -0.374 e. The minimum atomic E-state index is 0.269. The third kappa shape index (κ3) is 2.34. The first-order valence-electron chi connectivity index (χ1n) is 8.41. The topological polar surface area (TPSA) is 38.5 Å². The van der Waals surface area contributed by atoms with Crippen molar-refractivity contribution in [3.8, 4) is 0 Å². The lowest BCUT2D eigenvalue weighted by molar-refractivity contribution is -0.0627. The number of nitrogens with zero attached hydrogens (tertiary/aromatic N) is 1. The van der Waals surface area contributed by atoms with Crippen LogP contribution in [0.1, 0.15) is 44.9 Å². The first kappa shape index (κ1) is 12.6. The summed E-state index contributed by atoms with van der Waals surface area (Å²) in [6.07, 6.45) is 10.1. The third-order valence-corrected chi connectivity index (χ3v) is 6.35. The van der Waals surface area contributed by atoms with Crippen LogP contribution in [0.4, 0.5) is 0 Å². The second-order valence-corrected chi connectivity index (χ2v) is 7.50. The van der Waals surface area contributed by atoms with Gasteiger partial charge in [-0.3, -0.25) is 4.90 Å². The second kappa shape index (κ2) is 5.01. The molecule has 0 spiro atoms. The van der Waals surface area contributed by atoms with Gasteiger partial charge in [0.05, 0.1) is 12.7 Å². The van der Waals surface area contributed by atoms with Gasteiger partial charge in [0.2, 0.25) is 0 Å². The molecule has 0 aromatic rings. The van der Waals surface area contributed by atoms with E-state index in [0.29, 0.717) is 12.1 Å². The van der Waals surface area contributed by atoms with Gasteiger partial charge in [-0.25, -0.2) is 0 Å². The zero-order valence-electron chi connectivity index (χ0n) is 12.0. The summed E-state index contributed by atoms with van der Waals surface area (Å²) in [5.41, 5.74) is 6.49. The van der Waals surface area contributed by atoms with E-state index < -0.39 is 0 Å². The summed E-state index contributed by atoms with van der Waals surface area (Å²) in [6, 6.07) is 0.969. The van der Waals surface area contributed by atoms with E-state index in [1.165, 1.54) is 51.5 Å². The van der Waals surface area contributed by atoms with Crippen LogP contribution in [-0.2, 0) is 4.74 Å². The van der Waals surface area contributed by atoms with Crippen molar-refractivity contribution in [3.63, 3.8) is 0 Å². The molecule has 6 atom stereocenters. The van der Waals surface area contributed by atoms with Crippen LogP contribution < -0.4 is 5.73 Å². The Hall–Kier alpha value is -0.120. The maximum Gasteiger partial charge on any atom is 0.0853 e. The van der Waals surface area contributed by atoms with E-state index in [2.05, 4.69) is 4.90 Å². The quantitative estimate of drug-likeness (QED) is 0.847. The van der Waals surface area contributed by atoms with E-state index in [0.717, 1.165) is 30.9 Å². The molecule has 3 heteroatoms. The molecule has 2 saturated heterocycles. The average Bonchev–Trinajstić information content (AvgIpc) is 3.13. The van der Waals surface area contributed by atoms with Crippen molar-refractivity contribution in [2.45, 2.75) is 63.1 Å². The van der Waals surface area contributed by atoms with Gasteiger partial charge >= 0.3 is 0 Å². The van der Waals surface area contributed by atoms with Gasteiger partial charge < -0.3 is 10.5 Å². The number of morpholine rings is 1. The highest BCUT2D eigenvalue weighted by molar-refractivity contribution is 4.94. The molecule has 2 aliphatic heterocycles. The maximum absolute atomic E-state index is 6.49. The molecule has 2 heterocycles. The molecule has 2 bridgehead atoms. The molecule has 0 radical (unpaired) electrons. The monoisotopic (exact) mass is 264 g/mol. The molecule has 19 heavy (non-hydrogen) atoms. The first-order chi connectivity index (χ1) is 9.29. The van der Waals surface area contributed by atoms with Crippen LogP contribution in [0.15, 0.2) is 0 Å². The van der Waals surface area contributed by atoms with Gasteiger partial charge in [-0.05, 0) is 62.8 Å². The first-order valence-corrected chi connectivity index (χ1v) is 8.41. The van der Waals surface area contributed by atoms with E-state index in [-0.39, 0.29) is 6.04 Å². The predicted octanol–water partition coefficient (Wildman–Crippen LogP) is 2.00. The Morgan fingerprint density at radius 3 is 2.95 bits per heavy atom. The van der Waals surface area contributed by atoms with Crippen molar-refractivity contribution in [2.75, 3.05) is 19.7 Å². The molecule has 4 fully saturated rings. The van der Waals surface area contributed by atoms with Gasteiger partial charge in [0, 0.05) is 18.6 Å². The second-order valence-electron chi connectivity index (χ2n) is 7.50. The van der Waals surface area contributed by atoms with Gasteiger partial charge in [-0.15, -0.1) is 0 Å². The molecule has 6 unspecified atom stereocenters. The van der Waals surface area contributed by atoms with Crippen molar-refractivity contribution in [3.05, 3.63) is 0 Å². The van der Waals surface area contributed by atoms with E-state index in [1.54, 1.807) is 0 Å². The predicted molar refractivity (Wildman–Crippen MR) is 75.9 cm³/mol. The fourth-order valence-electron chi connectivity index (χ4n) is 5.27. The van der Waals surface area contributed by atoms with E-state index in [4.69, 9.17) is 10.5 Å². The Morgan fingerprint density at radius 1 is 1.21 bits per heavy atom. The molecule has 2 aliphatic carbocycles. The van der Waals surface area contributed by atoms with Crippen molar-refractivity contribution >= 4 is 0 Å². The highest BCUT2D eigenvalue weighted by Gasteiger charge is 2.42. The summed E-state index contributed by atoms with van der Waals surface area (Å²) in [5, 5.41) is 0. The van der Waals surface area contributed by atoms with Crippen molar-refractivity contribution < 1.29 is 4.74 Å².